The number of nitrogens with zero attached hydrogens (tertiary/aromatic N) is 4. The molecule has 1 fully saturated rings. The molecule has 1 aromatic carbocycles. The molecule has 3 aromatic rings. The number of hydrogen-bond acceptors (Lipinski definition) is 5. The van der Waals surface area contributed by atoms with Crippen LogP contribution >= 0.6 is 0 Å². The Balaban J connectivity index is 1.28. The predicted molar refractivity (Wildman–Crippen MR) is 118 cm³/mol. The Morgan fingerprint density at radius 3 is 2.58 bits per heavy atom. The highest BCUT2D eigenvalue weighted by atomic mass is 19.4. The topological polar surface area (TPSA) is 80.1 Å². The Hall–Kier alpha value is -3.43. The van der Waals surface area contributed by atoms with Gasteiger partial charge >= 0.3 is 6.18 Å². The number of aryl methyl sites for hydroxylation is 2. The van der Waals surface area contributed by atoms with Crippen molar-refractivity contribution in [1.29, 1.82) is 0 Å². The Morgan fingerprint density at radius 1 is 1.15 bits per heavy atom. The molecule has 33 heavy (non-hydrogen) atoms. The van der Waals surface area contributed by atoms with Crippen molar-refractivity contribution in [2.75, 3.05) is 18.0 Å². The molecular weight excluding hydrogens is 435 g/mol. The summed E-state index contributed by atoms with van der Waals surface area (Å²) in [6.07, 6.45) is -0.625. The summed E-state index contributed by atoms with van der Waals surface area (Å²) in [7, 11) is 0. The number of alkyl halides is 3. The minimum absolute atomic E-state index is 0.0303. The van der Waals surface area contributed by atoms with E-state index in [4.69, 9.17) is 0 Å². The molecular formula is C23H24F3N5O2. The van der Waals surface area contributed by atoms with Crippen LogP contribution in [0, 0.1) is 6.92 Å². The van der Waals surface area contributed by atoms with Gasteiger partial charge in [0.05, 0.1) is 22.8 Å². The van der Waals surface area contributed by atoms with E-state index in [2.05, 4.69) is 15.3 Å². The summed E-state index contributed by atoms with van der Waals surface area (Å²) in [5.74, 6) is 0.337. The Kier molecular flexibility index (Phi) is 6.35. The van der Waals surface area contributed by atoms with Gasteiger partial charge < -0.3 is 10.2 Å². The van der Waals surface area contributed by atoms with Gasteiger partial charge in [-0.15, -0.1) is 0 Å². The average molecular weight is 459 g/mol. The summed E-state index contributed by atoms with van der Waals surface area (Å²) >= 11 is 0. The van der Waals surface area contributed by atoms with Crippen molar-refractivity contribution in [2.45, 2.75) is 44.9 Å². The molecule has 1 N–H and O–H groups in total. The number of para-hydroxylation sites is 1. The molecule has 7 nitrogen and oxygen atoms in total. The molecule has 0 saturated carbocycles. The quantitative estimate of drug-likeness (QED) is 0.634. The molecule has 3 heterocycles. The lowest BCUT2D eigenvalue weighted by molar-refractivity contribution is -0.137. The number of anilines is 1. The summed E-state index contributed by atoms with van der Waals surface area (Å²) in [4.78, 5) is 35.3. The number of amides is 1. The second kappa shape index (κ2) is 9.21. The van der Waals surface area contributed by atoms with E-state index in [1.165, 1.54) is 17.0 Å². The van der Waals surface area contributed by atoms with Crippen LogP contribution in [0.5, 0.6) is 0 Å². The maximum atomic E-state index is 12.7. The Bertz CT molecular complexity index is 1200. The van der Waals surface area contributed by atoms with E-state index >= 15 is 0 Å². The first-order chi connectivity index (χ1) is 15.7. The van der Waals surface area contributed by atoms with Gasteiger partial charge in [-0.3, -0.25) is 14.2 Å². The molecule has 1 aliphatic heterocycles. The Morgan fingerprint density at radius 2 is 1.91 bits per heavy atom. The first-order valence-corrected chi connectivity index (χ1v) is 10.7. The zero-order valence-corrected chi connectivity index (χ0v) is 18.1. The smallest absolute Gasteiger partial charge is 0.356 e. The van der Waals surface area contributed by atoms with E-state index in [1.54, 1.807) is 6.07 Å². The molecule has 1 saturated heterocycles. The fourth-order valence-electron chi connectivity index (χ4n) is 4.01. The summed E-state index contributed by atoms with van der Waals surface area (Å²) in [6.45, 7) is 3.29. The van der Waals surface area contributed by atoms with Gasteiger partial charge in [0.15, 0.2) is 0 Å². The zero-order chi connectivity index (χ0) is 23.6. The average Bonchev–Trinajstić information content (AvgIpc) is 2.79. The van der Waals surface area contributed by atoms with Crippen LogP contribution in [0.1, 0.15) is 30.4 Å². The maximum absolute atomic E-state index is 12.7. The van der Waals surface area contributed by atoms with Crippen LogP contribution in [0.4, 0.5) is 19.0 Å². The standard InChI is InChI=1S/C23H24F3N5O2/c1-15-3-2-4-18-21(15)28-14-31(22(18)33)12-9-20(32)29-17-7-10-30(11-8-17)19-6-5-16(13-27-19)23(24,25)26/h2-6,13-14,17H,7-12H2,1H3,(H,29,32). The van der Waals surface area contributed by atoms with Crippen LogP contribution in [0.3, 0.4) is 0 Å². The van der Waals surface area contributed by atoms with Gasteiger partial charge in [-0.1, -0.05) is 12.1 Å². The number of halogens is 3. The number of hydrogen-bond donors (Lipinski definition) is 1. The molecule has 0 aliphatic carbocycles. The lowest BCUT2D eigenvalue weighted by Gasteiger charge is -2.33. The van der Waals surface area contributed by atoms with E-state index in [0.29, 0.717) is 42.7 Å². The lowest BCUT2D eigenvalue weighted by atomic mass is 10.0. The van der Waals surface area contributed by atoms with Gasteiger partial charge in [0.25, 0.3) is 5.56 Å². The highest BCUT2D eigenvalue weighted by Gasteiger charge is 2.31. The lowest BCUT2D eigenvalue weighted by Crippen LogP contribution is -2.45. The molecule has 10 heteroatoms. The van der Waals surface area contributed by atoms with E-state index in [-0.39, 0.29) is 30.5 Å². The number of piperidine rings is 1. The van der Waals surface area contributed by atoms with Gasteiger partial charge in [-0.2, -0.15) is 13.2 Å². The van der Waals surface area contributed by atoms with Crippen LogP contribution in [0.2, 0.25) is 0 Å². The molecule has 0 bridgehead atoms. The van der Waals surface area contributed by atoms with Gasteiger partial charge in [-0.25, -0.2) is 9.97 Å². The van der Waals surface area contributed by atoms with E-state index in [9.17, 15) is 22.8 Å². The van der Waals surface area contributed by atoms with Crippen molar-refractivity contribution in [3.8, 4) is 0 Å². The van der Waals surface area contributed by atoms with Crippen molar-refractivity contribution in [2.24, 2.45) is 0 Å². The van der Waals surface area contributed by atoms with Crippen molar-refractivity contribution in [3.05, 3.63) is 64.3 Å². The van der Waals surface area contributed by atoms with Crippen LogP contribution in [0.15, 0.2) is 47.7 Å². The number of rotatable bonds is 5. The Labute approximate surface area is 188 Å². The largest absolute Gasteiger partial charge is 0.417 e. The molecule has 4 rings (SSSR count). The fraction of sp³-hybridized carbons (Fsp3) is 0.391. The minimum atomic E-state index is -4.41. The van der Waals surface area contributed by atoms with E-state index in [1.807, 2.05) is 24.0 Å². The van der Waals surface area contributed by atoms with E-state index in [0.717, 1.165) is 17.8 Å². The number of fused-ring (bicyclic) bond motifs is 1. The third-order valence-electron chi connectivity index (χ3n) is 5.89. The second-order valence-electron chi connectivity index (χ2n) is 8.20. The molecule has 2 aromatic heterocycles. The van der Waals surface area contributed by atoms with Crippen LogP contribution in [0.25, 0.3) is 10.9 Å². The highest BCUT2D eigenvalue weighted by molar-refractivity contribution is 5.80. The van der Waals surface area contributed by atoms with Gasteiger partial charge in [-0.05, 0) is 43.5 Å². The van der Waals surface area contributed by atoms with Crippen molar-refractivity contribution in [1.82, 2.24) is 19.9 Å². The molecule has 1 amide bonds. The summed E-state index contributed by atoms with van der Waals surface area (Å²) in [5.41, 5.74) is 0.642. The van der Waals surface area contributed by atoms with Crippen molar-refractivity contribution >= 4 is 22.6 Å². The van der Waals surface area contributed by atoms with E-state index < -0.39 is 11.7 Å². The predicted octanol–water partition coefficient (Wildman–Crippen LogP) is 3.29. The molecule has 0 atom stereocenters. The van der Waals surface area contributed by atoms with Crippen LogP contribution < -0.4 is 15.8 Å². The first kappa shape index (κ1) is 22.8. The number of pyridine rings is 1. The zero-order valence-electron chi connectivity index (χ0n) is 18.1. The summed E-state index contributed by atoms with van der Waals surface area (Å²) in [5, 5.41) is 3.52. The molecule has 0 unspecified atom stereocenters. The third kappa shape index (κ3) is 5.15. The van der Waals surface area contributed by atoms with Crippen molar-refractivity contribution < 1.29 is 18.0 Å². The number of carbonyl (C=O) groups excluding carboxylic acids is 1. The second-order valence-corrected chi connectivity index (χ2v) is 8.20. The highest BCUT2D eigenvalue weighted by Crippen LogP contribution is 2.29. The normalized spacial score (nSPS) is 15.1. The SMILES string of the molecule is Cc1cccc2c(=O)n(CCC(=O)NC3CCN(c4ccc(C(F)(F)F)cn4)CC3)cnc12. The number of benzene rings is 1. The maximum Gasteiger partial charge on any atom is 0.417 e. The van der Waals surface area contributed by atoms with Gasteiger partial charge in [0.2, 0.25) is 5.91 Å². The van der Waals surface area contributed by atoms with Crippen LogP contribution in [-0.4, -0.2) is 39.6 Å². The number of aromatic nitrogens is 3. The monoisotopic (exact) mass is 459 g/mol. The van der Waals surface area contributed by atoms with Crippen molar-refractivity contribution in [3.63, 3.8) is 0 Å². The number of nitrogens with one attached hydrogen (secondary N) is 1. The summed E-state index contributed by atoms with van der Waals surface area (Å²) in [6, 6.07) is 7.81. The fourth-order valence-corrected chi connectivity index (χ4v) is 4.01. The van der Waals surface area contributed by atoms with Crippen LogP contribution in [-0.2, 0) is 17.5 Å². The molecule has 1 aliphatic rings. The molecule has 174 valence electrons. The first-order valence-electron chi connectivity index (χ1n) is 10.7. The summed E-state index contributed by atoms with van der Waals surface area (Å²) < 4.78 is 39.5. The molecule has 0 radical (unpaired) electrons. The van der Waals surface area contributed by atoms with Gasteiger partial charge in [0.1, 0.15) is 5.82 Å². The van der Waals surface area contributed by atoms with Gasteiger partial charge in [0, 0.05) is 38.3 Å². The molecule has 0 spiro atoms. The third-order valence-corrected chi connectivity index (χ3v) is 5.89. The minimum Gasteiger partial charge on any atom is -0.356 e. The number of carbonyl (C=O) groups is 1.